The summed E-state index contributed by atoms with van der Waals surface area (Å²) in [5, 5.41) is 29.2. The third-order valence-electron chi connectivity index (χ3n) is 4.87. The molecule has 2 N–H and O–H groups in total. The molecule has 24 heavy (non-hydrogen) atoms. The number of hydrogen-bond acceptors (Lipinski definition) is 8. The van der Waals surface area contributed by atoms with Crippen molar-refractivity contribution in [3.8, 4) is 0 Å². The molecule has 0 bridgehead atoms. The molecule has 5 atom stereocenters. The van der Waals surface area contributed by atoms with Gasteiger partial charge in [-0.2, -0.15) is 0 Å². The van der Waals surface area contributed by atoms with Gasteiger partial charge in [0.25, 0.3) is 5.91 Å². The average Bonchev–Trinajstić information content (AvgIpc) is 3.18. The van der Waals surface area contributed by atoms with E-state index in [0.717, 1.165) is 0 Å². The van der Waals surface area contributed by atoms with Crippen molar-refractivity contribution in [1.29, 1.82) is 0 Å². The summed E-state index contributed by atoms with van der Waals surface area (Å²) in [5.74, 6) is -1.66. The third kappa shape index (κ3) is 2.17. The molecule has 0 saturated carbocycles. The van der Waals surface area contributed by atoms with Gasteiger partial charge in [-0.05, 0) is 30.7 Å². The highest BCUT2D eigenvalue weighted by molar-refractivity contribution is 5.93. The molecule has 0 spiro atoms. The number of nitrogens with zero attached hydrogens (tertiary/aromatic N) is 2. The van der Waals surface area contributed by atoms with E-state index in [-0.39, 0.29) is 34.5 Å². The molecule has 4 rings (SSSR count). The van der Waals surface area contributed by atoms with Crippen LogP contribution in [0.25, 0.3) is 0 Å². The number of ether oxygens (including phenoxy) is 2. The number of carbonyl (C=O) groups is 2. The lowest BCUT2D eigenvalue weighted by atomic mass is 9.97. The van der Waals surface area contributed by atoms with Crippen LogP contribution in [0.1, 0.15) is 16.8 Å². The van der Waals surface area contributed by atoms with Gasteiger partial charge in [0, 0.05) is 6.54 Å². The molecule has 3 saturated heterocycles. The molecular formula is C15H15N2O7-. The summed E-state index contributed by atoms with van der Waals surface area (Å²) in [5.41, 5.74) is 0.0945. The van der Waals surface area contributed by atoms with Crippen LogP contribution in [-0.4, -0.2) is 58.2 Å². The zero-order chi connectivity index (χ0) is 17.0. The normalized spacial score (nSPS) is 33.7. The van der Waals surface area contributed by atoms with Crippen LogP contribution in [-0.2, 0) is 14.3 Å². The van der Waals surface area contributed by atoms with E-state index in [4.69, 9.17) is 14.7 Å². The Kier molecular flexibility index (Phi) is 3.46. The summed E-state index contributed by atoms with van der Waals surface area (Å²) < 4.78 is 10.8. The van der Waals surface area contributed by atoms with Crippen LogP contribution in [0.3, 0.4) is 0 Å². The van der Waals surface area contributed by atoms with E-state index in [1.54, 1.807) is 4.90 Å². The third-order valence-corrected chi connectivity index (χ3v) is 4.87. The van der Waals surface area contributed by atoms with Gasteiger partial charge in [0.05, 0.1) is 29.3 Å². The minimum atomic E-state index is -1.14. The quantitative estimate of drug-likeness (QED) is 0.578. The molecule has 5 unspecified atom stereocenters. The maximum atomic E-state index is 12.4. The fraction of sp³-hybridized carbons (Fsp3) is 0.467. The van der Waals surface area contributed by atoms with Crippen molar-refractivity contribution in [2.45, 2.75) is 31.0 Å². The van der Waals surface area contributed by atoms with Crippen LogP contribution in [0.2, 0.25) is 0 Å². The Hall–Kier alpha value is -2.20. The fourth-order valence-corrected chi connectivity index (χ4v) is 3.78. The highest BCUT2D eigenvalue weighted by Crippen LogP contribution is 2.44. The Balaban J connectivity index is 1.52. The molecule has 3 fully saturated rings. The van der Waals surface area contributed by atoms with Crippen molar-refractivity contribution in [1.82, 2.24) is 4.90 Å². The van der Waals surface area contributed by atoms with E-state index >= 15 is 0 Å². The van der Waals surface area contributed by atoms with E-state index < -0.39 is 24.3 Å². The molecule has 128 valence electrons. The SMILES string of the molecule is O=C(OC1C(=O)N2CCC3OC(O)C1C32)c1ccc(N([O-])O)cc1. The molecule has 1 amide bonds. The van der Waals surface area contributed by atoms with Gasteiger partial charge in [0.1, 0.15) is 0 Å². The Morgan fingerprint density at radius 1 is 1.38 bits per heavy atom. The maximum Gasteiger partial charge on any atom is 0.338 e. The first kappa shape index (κ1) is 15.3. The fourth-order valence-electron chi connectivity index (χ4n) is 3.78. The molecule has 3 aliphatic heterocycles. The van der Waals surface area contributed by atoms with Crippen LogP contribution in [0.15, 0.2) is 24.3 Å². The number of esters is 1. The number of rotatable bonds is 3. The standard InChI is InChI=1S/C15H15N2O7/c18-13-12(10-11-9(23-15(10)20)5-6-16(11)13)24-14(19)7-1-3-8(4-2-7)17(21)22/h1-4,9-12,15,20-21H,5-6H2/q-1. The van der Waals surface area contributed by atoms with Crippen molar-refractivity contribution < 1.29 is 29.4 Å². The van der Waals surface area contributed by atoms with Gasteiger partial charge in [-0.1, -0.05) is 0 Å². The monoisotopic (exact) mass is 335 g/mol. The summed E-state index contributed by atoms with van der Waals surface area (Å²) in [4.78, 5) is 26.3. The van der Waals surface area contributed by atoms with E-state index in [1.165, 1.54) is 24.3 Å². The first-order valence-electron chi connectivity index (χ1n) is 7.58. The van der Waals surface area contributed by atoms with Crippen molar-refractivity contribution in [3.63, 3.8) is 0 Å². The average molecular weight is 335 g/mol. The van der Waals surface area contributed by atoms with Crippen molar-refractivity contribution >= 4 is 17.6 Å². The van der Waals surface area contributed by atoms with E-state index in [2.05, 4.69) is 0 Å². The molecular weight excluding hydrogens is 320 g/mol. The molecule has 3 heterocycles. The number of aliphatic hydroxyl groups excluding tert-OH is 1. The first-order chi connectivity index (χ1) is 11.5. The Morgan fingerprint density at radius 2 is 2.08 bits per heavy atom. The zero-order valence-electron chi connectivity index (χ0n) is 12.4. The molecule has 3 aliphatic rings. The van der Waals surface area contributed by atoms with E-state index in [1.807, 2.05) is 0 Å². The lowest BCUT2D eigenvalue weighted by molar-refractivity contribution is -0.147. The van der Waals surface area contributed by atoms with Crippen molar-refractivity contribution in [2.75, 3.05) is 11.8 Å². The minimum absolute atomic E-state index is 0.0356. The van der Waals surface area contributed by atoms with Crippen molar-refractivity contribution in [3.05, 3.63) is 35.0 Å². The number of carbonyl (C=O) groups excluding carboxylic acids is 2. The van der Waals surface area contributed by atoms with E-state index in [9.17, 15) is 19.9 Å². The summed E-state index contributed by atoms with van der Waals surface area (Å²) in [7, 11) is 0. The molecule has 1 aromatic rings. The number of amides is 1. The topological polar surface area (TPSA) is 123 Å². The number of hydrogen-bond donors (Lipinski definition) is 2. The second kappa shape index (κ2) is 5.42. The molecule has 0 radical (unpaired) electrons. The lowest BCUT2D eigenvalue weighted by Gasteiger charge is -2.21. The van der Waals surface area contributed by atoms with Gasteiger partial charge in [-0.3, -0.25) is 10.0 Å². The van der Waals surface area contributed by atoms with Gasteiger partial charge >= 0.3 is 5.97 Å². The van der Waals surface area contributed by atoms with Crippen LogP contribution in [0, 0.1) is 11.1 Å². The summed E-state index contributed by atoms with van der Waals surface area (Å²) in [6.45, 7) is 0.524. The summed E-state index contributed by atoms with van der Waals surface area (Å²) in [6, 6.07) is 4.87. The largest absolute Gasteiger partial charge is 0.733 e. The van der Waals surface area contributed by atoms with Crippen LogP contribution >= 0.6 is 0 Å². The Bertz CT molecular complexity index is 677. The van der Waals surface area contributed by atoms with E-state index in [0.29, 0.717) is 13.0 Å². The molecule has 9 nitrogen and oxygen atoms in total. The summed E-state index contributed by atoms with van der Waals surface area (Å²) in [6.07, 6.45) is -1.78. The molecule has 0 aliphatic carbocycles. The lowest BCUT2D eigenvalue weighted by Crippen LogP contribution is -2.36. The van der Waals surface area contributed by atoms with Crippen LogP contribution in [0.5, 0.6) is 0 Å². The minimum Gasteiger partial charge on any atom is -0.733 e. The summed E-state index contributed by atoms with van der Waals surface area (Å²) >= 11 is 0. The molecule has 0 aromatic heterocycles. The molecule has 1 aromatic carbocycles. The number of aliphatic hydroxyl groups is 1. The zero-order valence-corrected chi connectivity index (χ0v) is 12.4. The van der Waals surface area contributed by atoms with Crippen LogP contribution in [0.4, 0.5) is 5.69 Å². The Morgan fingerprint density at radius 3 is 2.75 bits per heavy atom. The highest BCUT2D eigenvalue weighted by atomic mass is 16.8. The van der Waals surface area contributed by atoms with Gasteiger partial charge < -0.3 is 29.9 Å². The van der Waals surface area contributed by atoms with Crippen molar-refractivity contribution in [2.24, 2.45) is 5.92 Å². The van der Waals surface area contributed by atoms with Gasteiger partial charge in [-0.15, -0.1) is 0 Å². The van der Waals surface area contributed by atoms with Crippen LogP contribution < -0.4 is 5.23 Å². The smallest absolute Gasteiger partial charge is 0.338 e. The predicted molar refractivity (Wildman–Crippen MR) is 77.8 cm³/mol. The Labute approximate surface area is 136 Å². The van der Waals surface area contributed by atoms with Gasteiger partial charge in [0.15, 0.2) is 12.4 Å². The van der Waals surface area contributed by atoms with Gasteiger partial charge in [-0.25, -0.2) is 4.79 Å². The second-order valence-electron chi connectivity index (χ2n) is 6.10. The number of benzene rings is 1. The second-order valence-corrected chi connectivity index (χ2v) is 6.10. The first-order valence-corrected chi connectivity index (χ1v) is 7.58. The number of anilines is 1. The highest BCUT2D eigenvalue weighted by Gasteiger charge is 2.63. The maximum absolute atomic E-state index is 12.4. The molecule has 9 heteroatoms. The predicted octanol–water partition coefficient (Wildman–Crippen LogP) is -0.147. The van der Waals surface area contributed by atoms with Gasteiger partial charge in [0.2, 0.25) is 0 Å².